The van der Waals surface area contributed by atoms with Gasteiger partial charge in [0.2, 0.25) is 5.91 Å². The van der Waals surface area contributed by atoms with Crippen LogP contribution in [0, 0.1) is 0 Å². The zero-order valence-electron chi connectivity index (χ0n) is 12.8. The summed E-state index contributed by atoms with van der Waals surface area (Å²) in [7, 11) is 1.66. The fraction of sp³-hybridized carbons (Fsp3) is 0.857. The number of carbonyl (C=O) groups excluding carboxylic acids is 2. The second kappa shape index (κ2) is 8.19. The van der Waals surface area contributed by atoms with E-state index in [9.17, 15) is 9.59 Å². The van der Waals surface area contributed by atoms with Gasteiger partial charge in [-0.15, -0.1) is 0 Å². The molecule has 120 valence electrons. The molecule has 7 nitrogen and oxygen atoms in total. The van der Waals surface area contributed by atoms with Gasteiger partial charge in [0.1, 0.15) is 0 Å². The van der Waals surface area contributed by atoms with Gasteiger partial charge >= 0.3 is 6.03 Å². The van der Waals surface area contributed by atoms with Crippen molar-refractivity contribution in [3.8, 4) is 0 Å². The standard InChI is InChI=1S/C14H26N4O3/c1-21-10-2-5-15-13(19)11-17-7-3-12(4-8-17)18-9-6-16-14(18)20/h12H,2-11H2,1H3,(H,15,19)(H,16,20). The van der Waals surface area contributed by atoms with Crippen LogP contribution in [0.2, 0.25) is 0 Å². The van der Waals surface area contributed by atoms with Crippen LogP contribution in [-0.4, -0.2) is 80.8 Å². The highest BCUT2D eigenvalue weighted by Crippen LogP contribution is 2.17. The monoisotopic (exact) mass is 298 g/mol. The Labute approximate surface area is 126 Å². The molecule has 0 aromatic rings. The van der Waals surface area contributed by atoms with E-state index in [2.05, 4.69) is 15.5 Å². The van der Waals surface area contributed by atoms with E-state index in [4.69, 9.17) is 4.74 Å². The molecule has 0 saturated carbocycles. The molecule has 0 aromatic carbocycles. The molecule has 2 rings (SSSR count). The lowest BCUT2D eigenvalue weighted by molar-refractivity contribution is -0.122. The third-order valence-corrected chi connectivity index (χ3v) is 4.10. The Bertz CT molecular complexity index is 356. The SMILES string of the molecule is COCCCNC(=O)CN1CCC(N2CCNC2=O)CC1. The predicted octanol–water partition coefficient (Wildman–Crippen LogP) is -0.371. The number of nitrogens with one attached hydrogen (secondary N) is 2. The minimum Gasteiger partial charge on any atom is -0.385 e. The van der Waals surface area contributed by atoms with Crippen molar-refractivity contribution in [2.75, 3.05) is 53.0 Å². The van der Waals surface area contributed by atoms with Gasteiger partial charge in [-0.2, -0.15) is 0 Å². The number of amides is 3. The summed E-state index contributed by atoms with van der Waals surface area (Å²) >= 11 is 0. The molecule has 2 fully saturated rings. The molecule has 2 aliphatic rings. The minimum absolute atomic E-state index is 0.0596. The Balaban J connectivity index is 1.62. The number of nitrogens with zero attached hydrogens (tertiary/aromatic N) is 2. The summed E-state index contributed by atoms with van der Waals surface area (Å²) in [4.78, 5) is 27.5. The summed E-state index contributed by atoms with van der Waals surface area (Å²) in [6.07, 6.45) is 2.74. The highest BCUT2D eigenvalue weighted by molar-refractivity contribution is 5.78. The number of rotatable bonds is 7. The number of urea groups is 1. The number of likely N-dealkylation sites (tertiary alicyclic amines) is 1. The van der Waals surface area contributed by atoms with E-state index in [1.807, 2.05) is 4.90 Å². The van der Waals surface area contributed by atoms with Crippen LogP contribution < -0.4 is 10.6 Å². The molecule has 2 N–H and O–H groups in total. The molecule has 0 atom stereocenters. The van der Waals surface area contributed by atoms with E-state index in [0.717, 1.165) is 45.4 Å². The zero-order chi connectivity index (χ0) is 15.1. The predicted molar refractivity (Wildman–Crippen MR) is 79.1 cm³/mol. The van der Waals surface area contributed by atoms with Crippen molar-refractivity contribution < 1.29 is 14.3 Å². The highest BCUT2D eigenvalue weighted by Gasteiger charge is 2.30. The van der Waals surface area contributed by atoms with Crippen LogP contribution in [0.1, 0.15) is 19.3 Å². The van der Waals surface area contributed by atoms with Gasteiger partial charge in [0.15, 0.2) is 0 Å². The van der Waals surface area contributed by atoms with Crippen molar-refractivity contribution in [3.63, 3.8) is 0 Å². The zero-order valence-corrected chi connectivity index (χ0v) is 12.8. The van der Waals surface area contributed by atoms with Crippen molar-refractivity contribution in [3.05, 3.63) is 0 Å². The van der Waals surface area contributed by atoms with Gasteiger partial charge in [-0.1, -0.05) is 0 Å². The Morgan fingerprint density at radius 3 is 2.76 bits per heavy atom. The summed E-state index contributed by atoms with van der Waals surface area (Å²) in [6, 6.07) is 0.387. The first-order valence-electron chi connectivity index (χ1n) is 7.73. The molecule has 0 aliphatic carbocycles. The lowest BCUT2D eigenvalue weighted by atomic mass is 10.0. The first-order chi connectivity index (χ1) is 10.2. The summed E-state index contributed by atoms with van der Waals surface area (Å²) in [5.74, 6) is 0.0727. The fourth-order valence-corrected chi connectivity index (χ4v) is 2.93. The average molecular weight is 298 g/mol. The van der Waals surface area contributed by atoms with Crippen LogP contribution in [0.3, 0.4) is 0 Å². The molecule has 0 spiro atoms. The lowest BCUT2D eigenvalue weighted by Gasteiger charge is -2.35. The molecular weight excluding hydrogens is 272 g/mol. The molecule has 2 aliphatic heterocycles. The van der Waals surface area contributed by atoms with Gasteiger partial charge in [-0.25, -0.2) is 4.79 Å². The number of piperidine rings is 1. The van der Waals surface area contributed by atoms with Crippen LogP contribution in [0.25, 0.3) is 0 Å². The number of hydrogen-bond acceptors (Lipinski definition) is 4. The molecule has 0 unspecified atom stereocenters. The minimum atomic E-state index is 0.0596. The first kappa shape index (κ1) is 16.0. The van der Waals surface area contributed by atoms with Crippen molar-refractivity contribution in [1.82, 2.24) is 20.4 Å². The van der Waals surface area contributed by atoms with Crippen molar-refractivity contribution in [2.45, 2.75) is 25.3 Å². The Morgan fingerprint density at radius 2 is 2.14 bits per heavy atom. The van der Waals surface area contributed by atoms with Gasteiger partial charge in [-0.05, 0) is 19.3 Å². The summed E-state index contributed by atoms with van der Waals surface area (Å²) < 4.78 is 4.94. The number of carbonyl (C=O) groups is 2. The smallest absolute Gasteiger partial charge is 0.317 e. The van der Waals surface area contributed by atoms with Gasteiger partial charge in [0.05, 0.1) is 6.54 Å². The lowest BCUT2D eigenvalue weighted by Crippen LogP contribution is -2.48. The van der Waals surface area contributed by atoms with Gasteiger partial charge in [0.25, 0.3) is 0 Å². The number of methoxy groups -OCH3 is 1. The van der Waals surface area contributed by atoms with E-state index in [1.165, 1.54) is 0 Å². The number of hydrogen-bond donors (Lipinski definition) is 2. The maximum atomic E-state index is 11.8. The third-order valence-electron chi connectivity index (χ3n) is 4.10. The van der Waals surface area contributed by atoms with Gasteiger partial charge in [-0.3, -0.25) is 9.69 Å². The van der Waals surface area contributed by atoms with E-state index < -0.39 is 0 Å². The van der Waals surface area contributed by atoms with Crippen molar-refractivity contribution in [1.29, 1.82) is 0 Å². The van der Waals surface area contributed by atoms with E-state index in [1.54, 1.807) is 7.11 Å². The van der Waals surface area contributed by atoms with Crippen LogP contribution in [0.5, 0.6) is 0 Å². The molecule has 3 amide bonds. The molecular formula is C14H26N4O3. The average Bonchev–Trinajstić information content (AvgIpc) is 2.91. The quantitative estimate of drug-likeness (QED) is 0.629. The summed E-state index contributed by atoms with van der Waals surface area (Å²) in [6.45, 7) is 5.10. The van der Waals surface area contributed by atoms with Crippen molar-refractivity contribution >= 4 is 11.9 Å². The summed E-state index contributed by atoms with van der Waals surface area (Å²) in [5, 5.41) is 5.75. The maximum absolute atomic E-state index is 11.8. The van der Waals surface area contributed by atoms with Crippen LogP contribution in [0.4, 0.5) is 4.79 Å². The third kappa shape index (κ3) is 4.86. The van der Waals surface area contributed by atoms with Gasteiger partial charge in [0, 0.05) is 52.5 Å². The summed E-state index contributed by atoms with van der Waals surface area (Å²) in [5.41, 5.74) is 0. The van der Waals surface area contributed by atoms with Crippen LogP contribution >= 0.6 is 0 Å². The molecule has 2 saturated heterocycles. The van der Waals surface area contributed by atoms with E-state index in [-0.39, 0.29) is 11.9 Å². The second-order valence-corrected chi connectivity index (χ2v) is 5.63. The van der Waals surface area contributed by atoms with Gasteiger partial charge < -0.3 is 20.3 Å². The fourth-order valence-electron chi connectivity index (χ4n) is 2.93. The molecule has 0 radical (unpaired) electrons. The molecule has 0 aromatic heterocycles. The highest BCUT2D eigenvalue weighted by atomic mass is 16.5. The first-order valence-corrected chi connectivity index (χ1v) is 7.73. The molecule has 7 heteroatoms. The van der Waals surface area contributed by atoms with Crippen LogP contribution in [-0.2, 0) is 9.53 Å². The second-order valence-electron chi connectivity index (χ2n) is 5.63. The Morgan fingerprint density at radius 1 is 1.38 bits per heavy atom. The molecule has 21 heavy (non-hydrogen) atoms. The Kier molecular flexibility index (Phi) is 6.25. The largest absolute Gasteiger partial charge is 0.385 e. The van der Waals surface area contributed by atoms with Crippen molar-refractivity contribution in [2.24, 2.45) is 0 Å². The normalized spacial score (nSPS) is 20.6. The molecule has 2 heterocycles. The topological polar surface area (TPSA) is 73.9 Å². The van der Waals surface area contributed by atoms with Crippen LogP contribution in [0.15, 0.2) is 0 Å². The van der Waals surface area contributed by atoms with E-state index in [0.29, 0.717) is 25.7 Å². The van der Waals surface area contributed by atoms with E-state index >= 15 is 0 Å². The molecule has 0 bridgehead atoms. The Hall–Kier alpha value is -1.34. The number of ether oxygens (including phenoxy) is 1. The maximum Gasteiger partial charge on any atom is 0.317 e.